The molecule has 0 aliphatic heterocycles. The van der Waals surface area contributed by atoms with Crippen LogP contribution in [0.2, 0.25) is 0 Å². The summed E-state index contributed by atoms with van der Waals surface area (Å²) in [6.07, 6.45) is 1.63. The highest BCUT2D eigenvalue weighted by Gasteiger charge is 2.16. The number of benzene rings is 1. The molecule has 0 spiro atoms. The Bertz CT molecular complexity index is 384. The van der Waals surface area contributed by atoms with Crippen LogP contribution in [0, 0.1) is 5.82 Å². The summed E-state index contributed by atoms with van der Waals surface area (Å²) in [6, 6.07) is 7.38. The Kier molecular flexibility index (Phi) is 7.73. The lowest BCUT2D eigenvalue weighted by atomic mass is 10.0. The largest absolute Gasteiger partial charge is 0.396 e. The maximum absolute atomic E-state index is 13.8. The van der Waals surface area contributed by atoms with Crippen LogP contribution in [-0.2, 0) is 0 Å². The lowest BCUT2D eigenvalue weighted by molar-refractivity contribution is 0.184. The first-order chi connectivity index (χ1) is 9.60. The van der Waals surface area contributed by atoms with E-state index in [1.54, 1.807) is 6.07 Å². The van der Waals surface area contributed by atoms with E-state index in [9.17, 15) is 4.39 Å². The van der Waals surface area contributed by atoms with Crippen molar-refractivity contribution in [2.45, 2.75) is 38.8 Å². The van der Waals surface area contributed by atoms with Gasteiger partial charge in [0.2, 0.25) is 0 Å². The smallest absolute Gasteiger partial charge is 0.127 e. The molecule has 0 radical (unpaired) electrons. The van der Waals surface area contributed by atoms with Crippen molar-refractivity contribution in [3.05, 3.63) is 35.6 Å². The Morgan fingerprint density at radius 1 is 1.25 bits per heavy atom. The van der Waals surface area contributed by atoms with E-state index < -0.39 is 0 Å². The third kappa shape index (κ3) is 5.19. The van der Waals surface area contributed by atoms with E-state index in [1.807, 2.05) is 19.2 Å². The molecule has 1 aromatic rings. The van der Waals surface area contributed by atoms with Gasteiger partial charge in [-0.1, -0.05) is 18.2 Å². The topological polar surface area (TPSA) is 35.5 Å². The van der Waals surface area contributed by atoms with E-state index in [1.165, 1.54) is 6.07 Å². The summed E-state index contributed by atoms with van der Waals surface area (Å²) in [6.45, 7) is 6.27. The number of hydrogen-bond acceptors (Lipinski definition) is 3. The van der Waals surface area contributed by atoms with Gasteiger partial charge in [0.05, 0.1) is 0 Å². The van der Waals surface area contributed by atoms with Crippen molar-refractivity contribution in [1.29, 1.82) is 0 Å². The zero-order chi connectivity index (χ0) is 15.0. The SMILES string of the molecule is CNC(CCN(CCCO)C(C)C)c1ccccc1F. The highest BCUT2D eigenvalue weighted by molar-refractivity contribution is 5.21. The van der Waals surface area contributed by atoms with E-state index in [4.69, 9.17) is 5.11 Å². The molecular formula is C16H27FN2O. The van der Waals surface area contributed by atoms with Crippen LogP contribution in [0.15, 0.2) is 24.3 Å². The summed E-state index contributed by atoms with van der Waals surface area (Å²) < 4.78 is 13.8. The predicted molar refractivity (Wildman–Crippen MR) is 81.2 cm³/mol. The van der Waals surface area contributed by atoms with Crippen LogP contribution in [0.3, 0.4) is 0 Å². The number of rotatable bonds is 9. The zero-order valence-electron chi connectivity index (χ0n) is 12.8. The van der Waals surface area contributed by atoms with Gasteiger partial charge in [-0.3, -0.25) is 0 Å². The fourth-order valence-electron chi connectivity index (χ4n) is 2.41. The lowest BCUT2D eigenvalue weighted by Crippen LogP contribution is -2.35. The number of nitrogens with zero attached hydrogens (tertiary/aromatic N) is 1. The van der Waals surface area contributed by atoms with E-state index in [0.717, 1.165) is 31.5 Å². The van der Waals surface area contributed by atoms with Crippen LogP contribution in [0.25, 0.3) is 0 Å². The molecule has 1 unspecified atom stereocenters. The van der Waals surface area contributed by atoms with Gasteiger partial charge in [-0.25, -0.2) is 4.39 Å². The standard InChI is InChI=1S/C16H27FN2O/c1-13(2)19(10-6-12-20)11-9-16(18-3)14-7-4-5-8-15(14)17/h4-5,7-8,13,16,18,20H,6,9-12H2,1-3H3. The first-order valence-electron chi connectivity index (χ1n) is 7.36. The molecule has 3 nitrogen and oxygen atoms in total. The maximum atomic E-state index is 13.8. The normalized spacial score (nSPS) is 13.2. The van der Waals surface area contributed by atoms with Gasteiger partial charge in [-0.05, 0) is 39.8 Å². The molecule has 0 bridgehead atoms. The summed E-state index contributed by atoms with van der Waals surface area (Å²) in [5.41, 5.74) is 0.723. The quantitative estimate of drug-likeness (QED) is 0.731. The molecule has 0 amide bonds. The summed E-state index contributed by atoms with van der Waals surface area (Å²) in [4.78, 5) is 2.32. The van der Waals surface area contributed by atoms with Gasteiger partial charge in [-0.15, -0.1) is 0 Å². The molecule has 0 saturated heterocycles. The molecule has 2 N–H and O–H groups in total. The molecule has 114 valence electrons. The second-order valence-corrected chi connectivity index (χ2v) is 5.36. The van der Waals surface area contributed by atoms with Crippen LogP contribution < -0.4 is 5.32 Å². The van der Waals surface area contributed by atoms with E-state index in [2.05, 4.69) is 24.1 Å². The fourth-order valence-corrected chi connectivity index (χ4v) is 2.41. The van der Waals surface area contributed by atoms with Crippen LogP contribution >= 0.6 is 0 Å². The minimum atomic E-state index is -0.154. The van der Waals surface area contributed by atoms with Gasteiger partial charge in [-0.2, -0.15) is 0 Å². The average Bonchev–Trinajstić information content (AvgIpc) is 2.43. The number of halogens is 1. The Morgan fingerprint density at radius 3 is 2.50 bits per heavy atom. The van der Waals surface area contributed by atoms with Crippen LogP contribution in [-0.4, -0.2) is 42.8 Å². The van der Waals surface area contributed by atoms with Gasteiger partial charge in [0.1, 0.15) is 5.82 Å². The molecule has 1 aromatic carbocycles. The Labute approximate surface area is 121 Å². The van der Waals surface area contributed by atoms with Crippen LogP contribution in [0.5, 0.6) is 0 Å². The molecule has 0 heterocycles. The highest BCUT2D eigenvalue weighted by Crippen LogP contribution is 2.20. The molecule has 1 rings (SSSR count). The highest BCUT2D eigenvalue weighted by atomic mass is 19.1. The molecule has 0 aliphatic rings. The zero-order valence-corrected chi connectivity index (χ0v) is 12.8. The minimum absolute atomic E-state index is 0.0200. The van der Waals surface area contributed by atoms with Crippen molar-refractivity contribution in [3.8, 4) is 0 Å². The summed E-state index contributed by atoms with van der Waals surface area (Å²) in [7, 11) is 1.87. The monoisotopic (exact) mass is 282 g/mol. The van der Waals surface area contributed by atoms with E-state index in [0.29, 0.717) is 6.04 Å². The molecule has 0 aliphatic carbocycles. The number of hydrogen-bond donors (Lipinski definition) is 2. The van der Waals surface area contributed by atoms with Crippen molar-refractivity contribution in [3.63, 3.8) is 0 Å². The molecule has 0 aromatic heterocycles. The molecule has 0 fully saturated rings. The Hall–Kier alpha value is -0.970. The van der Waals surface area contributed by atoms with Crippen LogP contribution in [0.4, 0.5) is 4.39 Å². The first kappa shape index (κ1) is 17.1. The second kappa shape index (κ2) is 9.06. The average molecular weight is 282 g/mol. The number of aliphatic hydroxyl groups excluding tert-OH is 1. The van der Waals surface area contributed by atoms with Gasteiger partial charge < -0.3 is 15.3 Å². The minimum Gasteiger partial charge on any atom is -0.396 e. The number of nitrogens with one attached hydrogen (secondary N) is 1. The predicted octanol–water partition coefficient (Wildman–Crippen LogP) is 2.57. The Morgan fingerprint density at radius 2 is 1.95 bits per heavy atom. The van der Waals surface area contributed by atoms with E-state index >= 15 is 0 Å². The van der Waals surface area contributed by atoms with Gasteiger partial charge in [0.15, 0.2) is 0 Å². The third-order valence-electron chi connectivity index (χ3n) is 3.67. The molecule has 0 saturated carbocycles. The lowest BCUT2D eigenvalue weighted by Gasteiger charge is -2.28. The third-order valence-corrected chi connectivity index (χ3v) is 3.67. The van der Waals surface area contributed by atoms with Crippen molar-refractivity contribution in [1.82, 2.24) is 10.2 Å². The molecule has 4 heteroatoms. The fraction of sp³-hybridized carbons (Fsp3) is 0.625. The summed E-state index contributed by atoms with van der Waals surface area (Å²) in [5, 5.41) is 12.1. The van der Waals surface area contributed by atoms with Crippen LogP contribution in [0.1, 0.15) is 38.3 Å². The second-order valence-electron chi connectivity index (χ2n) is 5.36. The Balaban J connectivity index is 2.62. The van der Waals surface area contributed by atoms with Crippen molar-refractivity contribution in [2.75, 3.05) is 26.7 Å². The van der Waals surface area contributed by atoms with E-state index in [-0.39, 0.29) is 18.5 Å². The van der Waals surface area contributed by atoms with Gasteiger partial charge in [0, 0.05) is 37.3 Å². The summed E-state index contributed by atoms with van der Waals surface area (Å²) >= 11 is 0. The van der Waals surface area contributed by atoms with Crippen molar-refractivity contribution in [2.24, 2.45) is 0 Å². The maximum Gasteiger partial charge on any atom is 0.127 e. The van der Waals surface area contributed by atoms with Gasteiger partial charge in [0.25, 0.3) is 0 Å². The summed E-state index contributed by atoms with van der Waals surface area (Å²) in [5.74, 6) is -0.154. The van der Waals surface area contributed by atoms with Crippen molar-refractivity contribution >= 4 is 0 Å². The molecular weight excluding hydrogens is 255 g/mol. The number of aliphatic hydroxyl groups is 1. The van der Waals surface area contributed by atoms with Crippen molar-refractivity contribution < 1.29 is 9.50 Å². The molecule has 1 atom stereocenters. The molecule has 20 heavy (non-hydrogen) atoms. The first-order valence-corrected chi connectivity index (χ1v) is 7.36. The van der Waals surface area contributed by atoms with Gasteiger partial charge >= 0.3 is 0 Å².